The maximum absolute atomic E-state index is 11.8. The van der Waals surface area contributed by atoms with Crippen molar-refractivity contribution in [2.45, 2.75) is 46.1 Å². The Kier molecular flexibility index (Phi) is 6.56. The van der Waals surface area contributed by atoms with Crippen LogP contribution in [0.4, 0.5) is 5.69 Å². The Hall–Kier alpha value is -1.88. The van der Waals surface area contributed by atoms with Crippen molar-refractivity contribution in [3.63, 3.8) is 0 Å². The van der Waals surface area contributed by atoms with Crippen LogP contribution in [-0.2, 0) is 16.0 Å². The number of aryl methyl sites for hydroxylation is 1. The van der Waals surface area contributed by atoms with E-state index >= 15 is 0 Å². The average molecular weight is 306 g/mol. The fourth-order valence-corrected chi connectivity index (χ4v) is 1.97. The quantitative estimate of drug-likeness (QED) is 0.704. The van der Waals surface area contributed by atoms with Crippen molar-refractivity contribution in [2.24, 2.45) is 5.92 Å². The third kappa shape index (κ3) is 5.15. The van der Waals surface area contributed by atoms with Crippen molar-refractivity contribution in [1.82, 2.24) is 5.32 Å². The van der Waals surface area contributed by atoms with Crippen LogP contribution >= 0.6 is 0 Å². The number of anilines is 1. The number of carbonyl (C=O) groups excluding carboxylic acids is 2. The molecule has 0 aromatic heterocycles. The summed E-state index contributed by atoms with van der Waals surface area (Å²) in [6, 6.07) is 7.33. The first-order valence-electron chi connectivity index (χ1n) is 7.70. The molecule has 2 atom stereocenters. The summed E-state index contributed by atoms with van der Waals surface area (Å²) >= 11 is 0. The molecule has 2 amide bonds. The molecule has 0 heterocycles. The zero-order valence-electron chi connectivity index (χ0n) is 13.8. The predicted octanol–water partition coefficient (Wildman–Crippen LogP) is 2.10. The monoisotopic (exact) mass is 306 g/mol. The highest BCUT2D eigenvalue weighted by Crippen LogP contribution is 2.18. The number of aliphatic hydroxyl groups is 1. The van der Waals surface area contributed by atoms with Crippen molar-refractivity contribution < 1.29 is 14.7 Å². The standard InChI is InChI=1S/C17H26N2O3/c1-5-12(3)17(4,22)11-18-15(20)16(21)19-14-9-7-13(6-2)8-10-14/h7-10,12,22H,5-6,11H2,1-4H3,(H,18,20)(H,19,21). The van der Waals surface area contributed by atoms with E-state index in [1.165, 1.54) is 0 Å². The van der Waals surface area contributed by atoms with Crippen molar-refractivity contribution >= 4 is 17.5 Å². The summed E-state index contributed by atoms with van der Waals surface area (Å²) in [7, 11) is 0. The lowest BCUT2D eigenvalue weighted by atomic mass is 9.89. The Labute approximate surface area is 132 Å². The smallest absolute Gasteiger partial charge is 0.313 e. The molecule has 0 spiro atoms. The molecule has 1 rings (SSSR count). The normalized spacial score (nSPS) is 14.8. The molecule has 0 aliphatic heterocycles. The number of carbonyl (C=O) groups is 2. The number of rotatable bonds is 6. The van der Waals surface area contributed by atoms with Gasteiger partial charge < -0.3 is 15.7 Å². The summed E-state index contributed by atoms with van der Waals surface area (Å²) < 4.78 is 0. The Balaban J connectivity index is 2.53. The van der Waals surface area contributed by atoms with Crippen LogP contribution in [0.2, 0.25) is 0 Å². The third-order valence-corrected chi connectivity index (χ3v) is 4.11. The van der Waals surface area contributed by atoms with Gasteiger partial charge in [0, 0.05) is 12.2 Å². The van der Waals surface area contributed by atoms with E-state index in [1.54, 1.807) is 19.1 Å². The lowest BCUT2D eigenvalue weighted by Gasteiger charge is -2.29. The van der Waals surface area contributed by atoms with Crippen LogP contribution in [0, 0.1) is 5.92 Å². The molecular formula is C17H26N2O3. The molecule has 22 heavy (non-hydrogen) atoms. The van der Waals surface area contributed by atoms with Crippen molar-refractivity contribution in [2.75, 3.05) is 11.9 Å². The maximum atomic E-state index is 11.8. The first-order chi connectivity index (χ1) is 10.3. The predicted molar refractivity (Wildman–Crippen MR) is 87.5 cm³/mol. The molecule has 122 valence electrons. The number of benzene rings is 1. The molecule has 5 heteroatoms. The topological polar surface area (TPSA) is 78.4 Å². The van der Waals surface area contributed by atoms with E-state index in [0.717, 1.165) is 18.4 Å². The summed E-state index contributed by atoms with van der Waals surface area (Å²) in [5.74, 6) is -1.45. The molecular weight excluding hydrogens is 280 g/mol. The van der Waals surface area contributed by atoms with Crippen LogP contribution in [0.15, 0.2) is 24.3 Å². The number of amides is 2. The van der Waals surface area contributed by atoms with Gasteiger partial charge in [0.05, 0.1) is 5.60 Å². The number of hydrogen-bond acceptors (Lipinski definition) is 3. The molecule has 0 aliphatic carbocycles. The molecule has 0 bridgehead atoms. The van der Waals surface area contributed by atoms with Crippen molar-refractivity contribution in [1.29, 1.82) is 0 Å². The van der Waals surface area contributed by atoms with Gasteiger partial charge in [-0.05, 0) is 37.0 Å². The largest absolute Gasteiger partial charge is 0.388 e. The van der Waals surface area contributed by atoms with E-state index in [1.807, 2.05) is 32.9 Å². The zero-order valence-corrected chi connectivity index (χ0v) is 13.8. The molecule has 0 aliphatic rings. The summed E-state index contributed by atoms with van der Waals surface area (Å²) in [5, 5.41) is 15.2. The molecule has 0 fully saturated rings. The van der Waals surface area contributed by atoms with Crippen LogP contribution in [0.25, 0.3) is 0 Å². The van der Waals surface area contributed by atoms with Gasteiger partial charge in [-0.3, -0.25) is 9.59 Å². The fraction of sp³-hybridized carbons (Fsp3) is 0.529. The first kappa shape index (κ1) is 18.2. The molecule has 5 nitrogen and oxygen atoms in total. The van der Waals surface area contributed by atoms with Crippen LogP contribution in [0.5, 0.6) is 0 Å². The summed E-state index contributed by atoms with van der Waals surface area (Å²) in [5.41, 5.74) is 0.700. The molecule has 3 N–H and O–H groups in total. The second-order valence-corrected chi connectivity index (χ2v) is 5.85. The number of hydrogen-bond donors (Lipinski definition) is 3. The van der Waals surface area contributed by atoms with Gasteiger partial charge in [0.25, 0.3) is 0 Å². The van der Waals surface area contributed by atoms with Crippen LogP contribution in [-0.4, -0.2) is 29.1 Å². The molecule has 1 aromatic carbocycles. The van der Waals surface area contributed by atoms with Gasteiger partial charge in [-0.25, -0.2) is 0 Å². The van der Waals surface area contributed by atoms with E-state index in [0.29, 0.717) is 5.69 Å². The third-order valence-electron chi connectivity index (χ3n) is 4.11. The molecule has 0 saturated heterocycles. The minimum absolute atomic E-state index is 0.0254. The summed E-state index contributed by atoms with van der Waals surface area (Å²) in [6.07, 6.45) is 1.71. The van der Waals surface area contributed by atoms with E-state index in [-0.39, 0.29) is 12.5 Å². The highest BCUT2D eigenvalue weighted by molar-refractivity contribution is 6.39. The van der Waals surface area contributed by atoms with Crippen molar-refractivity contribution in [3.05, 3.63) is 29.8 Å². The van der Waals surface area contributed by atoms with Gasteiger partial charge in [0.2, 0.25) is 0 Å². The van der Waals surface area contributed by atoms with Crippen LogP contribution < -0.4 is 10.6 Å². The fourth-order valence-electron chi connectivity index (χ4n) is 1.97. The molecule has 2 unspecified atom stereocenters. The van der Waals surface area contributed by atoms with Gasteiger partial charge >= 0.3 is 11.8 Å². The molecule has 0 saturated carbocycles. The number of nitrogens with one attached hydrogen (secondary N) is 2. The van der Waals surface area contributed by atoms with Gasteiger partial charge in [-0.2, -0.15) is 0 Å². The van der Waals surface area contributed by atoms with E-state index in [9.17, 15) is 14.7 Å². The zero-order chi connectivity index (χ0) is 16.8. The van der Waals surface area contributed by atoms with Crippen LogP contribution in [0.1, 0.15) is 39.7 Å². The average Bonchev–Trinajstić information content (AvgIpc) is 2.52. The molecule has 0 radical (unpaired) electrons. The molecule has 1 aromatic rings. The first-order valence-corrected chi connectivity index (χ1v) is 7.70. The second-order valence-electron chi connectivity index (χ2n) is 5.85. The highest BCUT2D eigenvalue weighted by atomic mass is 16.3. The van der Waals surface area contributed by atoms with Gasteiger partial charge in [0.15, 0.2) is 0 Å². The Morgan fingerprint density at radius 2 is 1.77 bits per heavy atom. The van der Waals surface area contributed by atoms with Gasteiger partial charge in [-0.1, -0.05) is 39.3 Å². The Morgan fingerprint density at radius 3 is 2.27 bits per heavy atom. The van der Waals surface area contributed by atoms with E-state index in [4.69, 9.17) is 0 Å². The Morgan fingerprint density at radius 1 is 1.18 bits per heavy atom. The lowest BCUT2D eigenvalue weighted by Crippen LogP contribution is -2.47. The minimum Gasteiger partial charge on any atom is -0.388 e. The maximum Gasteiger partial charge on any atom is 0.313 e. The SMILES string of the molecule is CCc1ccc(NC(=O)C(=O)NCC(C)(O)C(C)CC)cc1. The summed E-state index contributed by atoms with van der Waals surface area (Å²) in [4.78, 5) is 23.6. The van der Waals surface area contributed by atoms with Crippen molar-refractivity contribution in [3.8, 4) is 0 Å². The van der Waals surface area contributed by atoms with E-state index < -0.39 is 17.4 Å². The van der Waals surface area contributed by atoms with Gasteiger partial charge in [-0.15, -0.1) is 0 Å². The van der Waals surface area contributed by atoms with Gasteiger partial charge in [0.1, 0.15) is 0 Å². The second kappa shape index (κ2) is 7.94. The Bertz CT molecular complexity index is 509. The highest BCUT2D eigenvalue weighted by Gasteiger charge is 2.28. The van der Waals surface area contributed by atoms with Crippen LogP contribution in [0.3, 0.4) is 0 Å². The minimum atomic E-state index is -1.03. The van der Waals surface area contributed by atoms with E-state index in [2.05, 4.69) is 10.6 Å². The lowest BCUT2D eigenvalue weighted by molar-refractivity contribution is -0.137. The summed E-state index contributed by atoms with van der Waals surface area (Å²) in [6.45, 7) is 7.62.